The van der Waals surface area contributed by atoms with Crippen LogP contribution in [0.3, 0.4) is 0 Å². The first-order valence-electron chi connectivity index (χ1n) is 9.80. The van der Waals surface area contributed by atoms with Gasteiger partial charge in [-0.1, -0.05) is 15.9 Å². The third-order valence-electron chi connectivity index (χ3n) is 5.29. The van der Waals surface area contributed by atoms with Crippen LogP contribution in [0.15, 0.2) is 64.6 Å². The lowest BCUT2D eigenvalue weighted by Gasteiger charge is -2.26. The van der Waals surface area contributed by atoms with Gasteiger partial charge in [0, 0.05) is 21.5 Å². The maximum atomic E-state index is 13.1. The lowest BCUT2D eigenvalue weighted by molar-refractivity contribution is -0.122. The molecule has 1 fully saturated rings. The topological polar surface area (TPSA) is 80.6 Å². The van der Waals surface area contributed by atoms with Crippen molar-refractivity contribution in [3.8, 4) is 11.4 Å². The highest BCUT2D eigenvalue weighted by molar-refractivity contribution is 9.10. The smallest absolute Gasteiger partial charge is 0.335 e. The van der Waals surface area contributed by atoms with E-state index in [0.717, 1.165) is 26.4 Å². The Hall–Kier alpha value is -3.65. The number of carbonyl (C=O) groups is 3. The molecule has 2 aromatic carbocycles. The monoisotopic (exact) mass is 493 g/mol. The van der Waals surface area contributed by atoms with Gasteiger partial charge in [0.1, 0.15) is 11.3 Å². The number of urea groups is 1. The standard InChI is InChI=1S/C24H20BrN3O4/c1-14-12-16(15(2)27(14)18-6-4-17(25)5-7-18)13-21-22(29)26-24(31)28(23(21)30)19-8-10-20(32-3)11-9-19/h4-13H,1-3H3,(H,26,29,31). The van der Waals surface area contributed by atoms with Gasteiger partial charge in [-0.2, -0.15) is 0 Å². The summed E-state index contributed by atoms with van der Waals surface area (Å²) < 4.78 is 8.13. The van der Waals surface area contributed by atoms with Crippen LogP contribution in [0.25, 0.3) is 11.8 Å². The zero-order valence-corrected chi connectivity index (χ0v) is 19.3. The van der Waals surface area contributed by atoms with E-state index < -0.39 is 17.8 Å². The van der Waals surface area contributed by atoms with Gasteiger partial charge in [0.15, 0.2) is 0 Å². The van der Waals surface area contributed by atoms with Crippen LogP contribution < -0.4 is 15.0 Å². The van der Waals surface area contributed by atoms with E-state index in [9.17, 15) is 14.4 Å². The van der Waals surface area contributed by atoms with Crippen LogP contribution in [0.4, 0.5) is 10.5 Å². The van der Waals surface area contributed by atoms with Crippen molar-refractivity contribution in [3.63, 3.8) is 0 Å². The van der Waals surface area contributed by atoms with Crippen molar-refractivity contribution in [1.29, 1.82) is 0 Å². The van der Waals surface area contributed by atoms with E-state index in [4.69, 9.17) is 4.74 Å². The molecule has 0 atom stereocenters. The van der Waals surface area contributed by atoms with E-state index in [1.54, 1.807) is 24.3 Å². The number of benzene rings is 2. The van der Waals surface area contributed by atoms with Crippen LogP contribution in [0.1, 0.15) is 17.0 Å². The molecule has 0 bridgehead atoms. The van der Waals surface area contributed by atoms with Crippen molar-refractivity contribution >= 4 is 45.5 Å². The average molecular weight is 494 g/mol. The minimum atomic E-state index is -0.789. The van der Waals surface area contributed by atoms with Gasteiger partial charge < -0.3 is 9.30 Å². The minimum Gasteiger partial charge on any atom is -0.497 e. The molecule has 1 N–H and O–H groups in total. The number of rotatable bonds is 4. The first-order valence-corrected chi connectivity index (χ1v) is 10.6. The molecule has 1 saturated heterocycles. The van der Waals surface area contributed by atoms with Gasteiger partial charge in [-0.25, -0.2) is 9.69 Å². The lowest BCUT2D eigenvalue weighted by Crippen LogP contribution is -2.54. The highest BCUT2D eigenvalue weighted by Gasteiger charge is 2.37. The molecule has 7 nitrogen and oxygen atoms in total. The number of halogens is 1. The molecule has 1 aliphatic heterocycles. The fraction of sp³-hybridized carbons (Fsp3) is 0.125. The molecule has 0 radical (unpaired) electrons. The summed E-state index contributed by atoms with van der Waals surface area (Å²) in [5, 5.41) is 2.25. The number of nitrogens with one attached hydrogen (secondary N) is 1. The largest absolute Gasteiger partial charge is 0.497 e. The highest BCUT2D eigenvalue weighted by Crippen LogP contribution is 2.27. The molecule has 2 heterocycles. The maximum Gasteiger partial charge on any atom is 0.335 e. The van der Waals surface area contributed by atoms with E-state index >= 15 is 0 Å². The van der Waals surface area contributed by atoms with Crippen molar-refractivity contribution in [1.82, 2.24) is 9.88 Å². The number of aryl methyl sites for hydroxylation is 1. The van der Waals surface area contributed by atoms with Crippen molar-refractivity contribution in [3.05, 3.63) is 81.6 Å². The molecule has 1 aliphatic rings. The molecule has 0 spiro atoms. The van der Waals surface area contributed by atoms with Gasteiger partial charge in [-0.3, -0.25) is 14.9 Å². The normalized spacial score (nSPS) is 15.3. The van der Waals surface area contributed by atoms with Crippen LogP contribution in [0, 0.1) is 13.8 Å². The molecule has 32 heavy (non-hydrogen) atoms. The van der Waals surface area contributed by atoms with Crippen LogP contribution >= 0.6 is 15.9 Å². The van der Waals surface area contributed by atoms with E-state index in [1.807, 2.05) is 48.7 Å². The van der Waals surface area contributed by atoms with E-state index in [0.29, 0.717) is 17.0 Å². The Kier molecular flexibility index (Phi) is 5.71. The van der Waals surface area contributed by atoms with Crippen LogP contribution in [0.2, 0.25) is 0 Å². The predicted octanol–water partition coefficient (Wildman–Crippen LogP) is 4.53. The van der Waals surface area contributed by atoms with E-state index in [1.165, 1.54) is 13.2 Å². The molecule has 3 aromatic rings. The van der Waals surface area contributed by atoms with Gasteiger partial charge >= 0.3 is 6.03 Å². The third-order valence-corrected chi connectivity index (χ3v) is 5.82. The summed E-state index contributed by atoms with van der Waals surface area (Å²) in [6.45, 7) is 3.87. The third kappa shape index (κ3) is 3.85. The summed E-state index contributed by atoms with van der Waals surface area (Å²) in [5.41, 5.74) is 3.72. The number of nitrogens with zero attached hydrogens (tertiary/aromatic N) is 2. The maximum absolute atomic E-state index is 13.1. The number of carbonyl (C=O) groups excluding carboxylic acids is 3. The summed E-state index contributed by atoms with van der Waals surface area (Å²) >= 11 is 3.44. The molecule has 1 aromatic heterocycles. The van der Waals surface area contributed by atoms with Crippen LogP contribution in [-0.2, 0) is 9.59 Å². The number of hydrogen-bond acceptors (Lipinski definition) is 4. The molecule has 4 amide bonds. The summed E-state index contributed by atoms with van der Waals surface area (Å²) in [6, 6.07) is 15.4. The van der Waals surface area contributed by atoms with Gasteiger partial charge in [-0.15, -0.1) is 0 Å². The minimum absolute atomic E-state index is 0.114. The number of ether oxygens (including phenoxy) is 1. The first-order chi connectivity index (χ1) is 15.3. The Labute approximate surface area is 193 Å². The Morgan fingerprint density at radius 1 is 0.938 bits per heavy atom. The Morgan fingerprint density at radius 2 is 1.56 bits per heavy atom. The predicted molar refractivity (Wildman–Crippen MR) is 125 cm³/mol. The zero-order chi connectivity index (χ0) is 23.0. The number of barbiturate groups is 1. The van der Waals surface area contributed by atoms with Crippen molar-refractivity contribution in [2.24, 2.45) is 0 Å². The summed E-state index contributed by atoms with van der Waals surface area (Å²) in [7, 11) is 1.53. The summed E-state index contributed by atoms with van der Waals surface area (Å²) in [5.74, 6) is -0.818. The molecule has 0 aliphatic carbocycles. The second-order valence-corrected chi connectivity index (χ2v) is 8.21. The Bertz CT molecular complexity index is 1260. The zero-order valence-electron chi connectivity index (χ0n) is 17.7. The lowest BCUT2D eigenvalue weighted by atomic mass is 10.1. The quantitative estimate of drug-likeness (QED) is 0.427. The number of aromatic nitrogens is 1. The second kappa shape index (κ2) is 8.47. The molecule has 0 saturated carbocycles. The number of amides is 4. The first kappa shape index (κ1) is 21.6. The molecule has 4 rings (SSSR count). The Balaban J connectivity index is 1.73. The summed E-state index contributed by atoms with van der Waals surface area (Å²) in [4.78, 5) is 39.0. The van der Waals surface area contributed by atoms with E-state index in [-0.39, 0.29) is 5.57 Å². The van der Waals surface area contributed by atoms with E-state index in [2.05, 4.69) is 21.2 Å². The van der Waals surface area contributed by atoms with Gasteiger partial charge in [0.05, 0.1) is 12.8 Å². The fourth-order valence-electron chi connectivity index (χ4n) is 3.70. The summed E-state index contributed by atoms with van der Waals surface area (Å²) in [6.07, 6.45) is 1.53. The number of imide groups is 2. The SMILES string of the molecule is COc1ccc(N2C(=O)NC(=O)C(=Cc3cc(C)n(-c4ccc(Br)cc4)c3C)C2=O)cc1. The van der Waals surface area contributed by atoms with Crippen molar-refractivity contribution < 1.29 is 19.1 Å². The molecule has 162 valence electrons. The van der Waals surface area contributed by atoms with Gasteiger partial charge in [-0.05, 0) is 80.1 Å². The van der Waals surface area contributed by atoms with Crippen molar-refractivity contribution in [2.75, 3.05) is 12.0 Å². The van der Waals surface area contributed by atoms with Crippen molar-refractivity contribution in [2.45, 2.75) is 13.8 Å². The number of anilines is 1. The molecular weight excluding hydrogens is 474 g/mol. The number of methoxy groups -OCH3 is 1. The van der Waals surface area contributed by atoms with Crippen LogP contribution in [0.5, 0.6) is 5.75 Å². The van der Waals surface area contributed by atoms with Gasteiger partial charge in [0.2, 0.25) is 0 Å². The molecular formula is C24H20BrN3O4. The Morgan fingerprint density at radius 3 is 2.19 bits per heavy atom. The fourth-order valence-corrected chi connectivity index (χ4v) is 3.96. The van der Waals surface area contributed by atoms with Gasteiger partial charge in [0.25, 0.3) is 11.8 Å². The second-order valence-electron chi connectivity index (χ2n) is 7.29. The molecule has 8 heteroatoms. The number of hydrogen-bond donors (Lipinski definition) is 1. The highest BCUT2D eigenvalue weighted by atomic mass is 79.9. The molecule has 0 unspecified atom stereocenters. The van der Waals surface area contributed by atoms with Crippen LogP contribution in [-0.4, -0.2) is 29.5 Å². The average Bonchev–Trinajstić information content (AvgIpc) is 3.05.